The number of thiophene rings is 1. The Labute approximate surface area is 193 Å². The van der Waals surface area contributed by atoms with Crippen LogP contribution in [0.2, 0.25) is 0 Å². The van der Waals surface area contributed by atoms with Crippen LogP contribution in [0.5, 0.6) is 0 Å². The van der Waals surface area contributed by atoms with Crippen molar-refractivity contribution >= 4 is 51.1 Å². The summed E-state index contributed by atoms with van der Waals surface area (Å²) in [4.78, 5) is 4.53. The monoisotopic (exact) mass is 556 g/mol. The lowest BCUT2D eigenvalue weighted by Gasteiger charge is -2.15. The minimum Gasteiger partial charge on any atom is -0.390 e. The summed E-state index contributed by atoms with van der Waals surface area (Å²) < 4.78 is 30.1. The van der Waals surface area contributed by atoms with Gasteiger partial charge in [0.2, 0.25) is 0 Å². The second-order valence-corrected chi connectivity index (χ2v) is 9.39. The van der Waals surface area contributed by atoms with Gasteiger partial charge in [-0.3, -0.25) is 0 Å². The summed E-state index contributed by atoms with van der Waals surface area (Å²) in [6.07, 6.45) is 0.447. The number of guanidine groups is 1. The van der Waals surface area contributed by atoms with Crippen molar-refractivity contribution < 1.29 is 18.0 Å². The lowest BCUT2D eigenvalue weighted by molar-refractivity contribution is 0.200. The van der Waals surface area contributed by atoms with Crippen molar-refractivity contribution in [2.24, 2.45) is 4.99 Å². The molecule has 2 heterocycles. The fraction of sp³-hybridized carbons (Fsp3) is 0.556. The third-order valence-corrected chi connectivity index (χ3v) is 7.35. The maximum Gasteiger partial charge on any atom is 0.191 e. The molecule has 8 nitrogen and oxygen atoms in total. The highest BCUT2D eigenvalue weighted by atomic mass is 127. The zero-order valence-electron chi connectivity index (χ0n) is 16.8. The predicted molar refractivity (Wildman–Crippen MR) is 126 cm³/mol. The summed E-state index contributed by atoms with van der Waals surface area (Å²) in [7, 11) is -3.49. The van der Waals surface area contributed by atoms with Crippen LogP contribution in [0.1, 0.15) is 37.8 Å². The molecular formula is C18H29IN4O4S2. The molecule has 0 amide bonds. The average Bonchev–Trinajstić information content (AvgIpc) is 3.33. The molecule has 11 heteroatoms. The first kappa shape index (κ1) is 25.9. The molecule has 2 rings (SSSR count). The zero-order valence-corrected chi connectivity index (χ0v) is 20.8. The highest BCUT2D eigenvalue weighted by Gasteiger charge is 2.21. The topological polar surface area (TPSA) is 117 Å². The molecule has 1 atom stereocenters. The number of rotatable bonds is 10. The molecule has 0 aliphatic heterocycles. The Bertz CT molecular complexity index is 845. The van der Waals surface area contributed by atoms with Crippen LogP contribution in [-0.2, 0) is 29.2 Å². The molecular weight excluding hydrogens is 527 g/mol. The van der Waals surface area contributed by atoms with E-state index in [0.29, 0.717) is 19.0 Å². The summed E-state index contributed by atoms with van der Waals surface area (Å²) in [5.41, 5.74) is 1.86. The van der Waals surface area contributed by atoms with Crippen LogP contribution < -0.4 is 10.6 Å². The van der Waals surface area contributed by atoms with E-state index in [1.807, 2.05) is 20.8 Å². The Morgan fingerprint density at radius 3 is 2.66 bits per heavy atom. The number of halogens is 1. The molecule has 164 valence electrons. The Morgan fingerprint density at radius 2 is 2.07 bits per heavy atom. The smallest absolute Gasteiger partial charge is 0.191 e. The van der Waals surface area contributed by atoms with E-state index in [1.165, 1.54) is 0 Å². The molecule has 0 saturated heterocycles. The van der Waals surface area contributed by atoms with Gasteiger partial charge in [-0.25, -0.2) is 13.4 Å². The van der Waals surface area contributed by atoms with Crippen molar-refractivity contribution in [3.63, 3.8) is 0 Å². The van der Waals surface area contributed by atoms with Crippen LogP contribution in [0.25, 0.3) is 0 Å². The first-order chi connectivity index (χ1) is 13.4. The summed E-state index contributed by atoms with van der Waals surface area (Å²) in [6.45, 7) is 7.05. The van der Waals surface area contributed by atoms with E-state index in [2.05, 4.69) is 20.8 Å². The number of nitrogens with one attached hydrogen (secondary N) is 2. The number of nitrogens with zero attached hydrogens (tertiary/aromatic N) is 2. The molecule has 0 aromatic carbocycles. The van der Waals surface area contributed by atoms with Gasteiger partial charge in [-0.1, -0.05) is 25.1 Å². The minimum atomic E-state index is -3.49. The molecule has 2 aromatic heterocycles. The number of aryl methyl sites for hydroxylation is 2. The Morgan fingerprint density at radius 1 is 1.31 bits per heavy atom. The Kier molecular flexibility index (Phi) is 11.1. The normalized spacial score (nSPS) is 13.0. The first-order valence-corrected chi connectivity index (χ1v) is 11.9. The SMILES string of the molecule is CCNC(=NCc1c(CC)noc1CC)NCC(O)CS(=O)(=O)c1cccs1.I. The van der Waals surface area contributed by atoms with Gasteiger partial charge in [-0.2, -0.15) is 0 Å². The number of aliphatic imine (C=N–C) groups is 1. The average molecular weight is 556 g/mol. The van der Waals surface area contributed by atoms with E-state index in [9.17, 15) is 13.5 Å². The highest BCUT2D eigenvalue weighted by molar-refractivity contribution is 14.0. The molecule has 29 heavy (non-hydrogen) atoms. The van der Waals surface area contributed by atoms with Crippen molar-refractivity contribution in [3.05, 3.63) is 34.5 Å². The van der Waals surface area contributed by atoms with Crippen molar-refractivity contribution in [2.45, 2.75) is 50.5 Å². The Balaban J connectivity index is 0.00000420. The van der Waals surface area contributed by atoms with Crippen molar-refractivity contribution in [3.8, 4) is 0 Å². The molecule has 2 aromatic rings. The largest absolute Gasteiger partial charge is 0.390 e. The molecule has 0 aliphatic carbocycles. The molecule has 0 radical (unpaired) electrons. The first-order valence-electron chi connectivity index (χ1n) is 9.34. The summed E-state index contributed by atoms with van der Waals surface area (Å²) in [6, 6.07) is 3.22. The van der Waals surface area contributed by atoms with Gasteiger partial charge in [0.25, 0.3) is 0 Å². The van der Waals surface area contributed by atoms with E-state index in [-0.39, 0.29) is 40.5 Å². The third kappa shape index (κ3) is 7.54. The summed E-state index contributed by atoms with van der Waals surface area (Å²) >= 11 is 1.15. The number of hydrogen-bond donors (Lipinski definition) is 3. The second kappa shape index (κ2) is 12.5. The van der Waals surface area contributed by atoms with Gasteiger partial charge in [0.05, 0.1) is 24.1 Å². The number of aliphatic hydroxyl groups is 1. The van der Waals surface area contributed by atoms with Crippen LogP contribution >= 0.6 is 35.3 Å². The number of aromatic nitrogens is 1. The van der Waals surface area contributed by atoms with E-state index < -0.39 is 15.9 Å². The number of hydrogen-bond acceptors (Lipinski definition) is 7. The quantitative estimate of drug-likeness (QED) is 0.234. The van der Waals surface area contributed by atoms with Gasteiger partial charge >= 0.3 is 0 Å². The van der Waals surface area contributed by atoms with Crippen molar-refractivity contribution in [1.29, 1.82) is 0 Å². The number of sulfone groups is 1. The molecule has 0 fully saturated rings. The molecule has 3 N–H and O–H groups in total. The van der Waals surface area contributed by atoms with E-state index in [0.717, 1.165) is 41.2 Å². The highest BCUT2D eigenvalue weighted by Crippen LogP contribution is 2.18. The predicted octanol–water partition coefficient (Wildman–Crippen LogP) is 2.37. The van der Waals surface area contributed by atoms with Crippen LogP contribution in [0.3, 0.4) is 0 Å². The fourth-order valence-corrected chi connectivity index (χ4v) is 5.15. The van der Waals surface area contributed by atoms with Gasteiger partial charge in [-0.05, 0) is 24.8 Å². The Hall–Kier alpha value is -1.18. The summed E-state index contributed by atoms with van der Waals surface area (Å²) in [5.74, 6) is 0.977. The van der Waals surface area contributed by atoms with E-state index in [4.69, 9.17) is 4.52 Å². The molecule has 0 aliphatic rings. The van der Waals surface area contributed by atoms with Crippen LogP contribution in [0, 0.1) is 0 Å². The van der Waals surface area contributed by atoms with Crippen LogP contribution in [-0.4, -0.2) is 49.6 Å². The molecule has 0 saturated carbocycles. The molecule has 1 unspecified atom stereocenters. The molecule has 0 spiro atoms. The van der Waals surface area contributed by atoms with Crippen LogP contribution in [0.15, 0.2) is 31.2 Å². The van der Waals surface area contributed by atoms with Gasteiger partial charge in [0.15, 0.2) is 15.8 Å². The van der Waals surface area contributed by atoms with Gasteiger partial charge < -0.3 is 20.3 Å². The van der Waals surface area contributed by atoms with Gasteiger partial charge in [-0.15, -0.1) is 35.3 Å². The summed E-state index contributed by atoms with van der Waals surface area (Å²) in [5, 5.41) is 22.0. The number of aliphatic hydroxyl groups excluding tert-OH is 1. The van der Waals surface area contributed by atoms with E-state index >= 15 is 0 Å². The maximum absolute atomic E-state index is 12.3. The lowest BCUT2D eigenvalue weighted by Crippen LogP contribution is -2.42. The van der Waals surface area contributed by atoms with Gasteiger partial charge in [0, 0.05) is 25.1 Å². The van der Waals surface area contributed by atoms with Crippen molar-refractivity contribution in [2.75, 3.05) is 18.8 Å². The molecule has 0 bridgehead atoms. The third-order valence-electron chi connectivity index (χ3n) is 4.07. The zero-order chi connectivity index (χ0) is 20.6. The van der Waals surface area contributed by atoms with E-state index in [1.54, 1.807) is 17.5 Å². The van der Waals surface area contributed by atoms with Crippen LogP contribution in [0.4, 0.5) is 0 Å². The standard InChI is InChI=1S/C18H28N4O4S2.HI/c1-4-15-14(16(5-2)26-22-15)11-21-18(19-6-3)20-10-13(23)12-28(24,25)17-8-7-9-27-17;/h7-9,13,23H,4-6,10-12H2,1-3H3,(H2,19,20,21);1H. The van der Waals surface area contributed by atoms with Gasteiger partial charge in [0.1, 0.15) is 9.97 Å². The second-order valence-electron chi connectivity index (χ2n) is 6.18. The lowest BCUT2D eigenvalue weighted by atomic mass is 10.1. The minimum absolute atomic E-state index is 0. The fourth-order valence-electron chi connectivity index (χ4n) is 2.67. The maximum atomic E-state index is 12.3. The van der Waals surface area contributed by atoms with Crippen molar-refractivity contribution in [1.82, 2.24) is 15.8 Å².